The average Bonchev–Trinajstić information content (AvgIpc) is 2.21. The second-order valence-electron chi connectivity index (χ2n) is 3.95. The van der Waals surface area contributed by atoms with Crippen molar-refractivity contribution in [2.75, 3.05) is 18.6 Å². The lowest BCUT2D eigenvalue weighted by Crippen LogP contribution is -2.17. The van der Waals surface area contributed by atoms with Crippen molar-refractivity contribution >= 4 is 25.8 Å². The number of sulfone groups is 1. The second kappa shape index (κ2) is 6.37. The van der Waals surface area contributed by atoms with E-state index in [0.717, 1.165) is 5.56 Å². The minimum atomic E-state index is -2.86. The normalized spacial score (nSPS) is 11.6. The Labute approximate surface area is 110 Å². The summed E-state index contributed by atoms with van der Waals surface area (Å²) in [5.74, 6) is 0.421. The SMILES string of the molecule is CS(=O)(=O)CCCNCc1ccc(O)c(Br)c1. The van der Waals surface area contributed by atoms with Crippen molar-refractivity contribution in [3.63, 3.8) is 0 Å². The van der Waals surface area contributed by atoms with E-state index in [4.69, 9.17) is 0 Å². The molecular formula is C11H16BrNO3S. The first-order valence-electron chi connectivity index (χ1n) is 5.24. The number of phenols is 1. The predicted molar refractivity (Wildman–Crippen MR) is 71.8 cm³/mol. The van der Waals surface area contributed by atoms with Gasteiger partial charge in [-0.3, -0.25) is 0 Å². The first-order valence-corrected chi connectivity index (χ1v) is 8.10. The Morgan fingerprint density at radius 2 is 2.12 bits per heavy atom. The van der Waals surface area contributed by atoms with Crippen LogP contribution in [0, 0.1) is 0 Å². The molecule has 6 heteroatoms. The zero-order chi connectivity index (χ0) is 12.9. The highest BCUT2D eigenvalue weighted by Gasteiger charge is 2.02. The van der Waals surface area contributed by atoms with E-state index in [9.17, 15) is 13.5 Å². The predicted octanol–water partition coefficient (Wildman–Crippen LogP) is 1.68. The minimum absolute atomic E-state index is 0.208. The zero-order valence-electron chi connectivity index (χ0n) is 9.61. The topological polar surface area (TPSA) is 66.4 Å². The Morgan fingerprint density at radius 3 is 2.71 bits per heavy atom. The fourth-order valence-electron chi connectivity index (χ4n) is 1.35. The molecule has 0 saturated carbocycles. The third-order valence-electron chi connectivity index (χ3n) is 2.21. The van der Waals surface area contributed by atoms with E-state index in [1.54, 1.807) is 6.07 Å². The molecule has 1 aromatic rings. The highest BCUT2D eigenvalue weighted by Crippen LogP contribution is 2.24. The molecule has 0 aliphatic carbocycles. The Kier molecular flexibility index (Phi) is 5.42. The van der Waals surface area contributed by atoms with E-state index < -0.39 is 9.84 Å². The van der Waals surface area contributed by atoms with Crippen LogP contribution in [-0.4, -0.2) is 32.1 Å². The molecule has 0 radical (unpaired) electrons. The molecule has 4 nitrogen and oxygen atoms in total. The molecule has 17 heavy (non-hydrogen) atoms. The highest BCUT2D eigenvalue weighted by atomic mass is 79.9. The van der Waals surface area contributed by atoms with E-state index >= 15 is 0 Å². The van der Waals surface area contributed by atoms with Gasteiger partial charge in [0.1, 0.15) is 15.6 Å². The van der Waals surface area contributed by atoms with Crippen LogP contribution >= 0.6 is 15.9 Å². The quantitative estimate of drug-likeness (QED) is 0.782. The van der Waals surface area contributed by atoms with Gasteiger partial charge >= 0.3 is 0 Å². The van der Waals surface area contributed by atoms with Crippen LogP contribution < -0.4 is 5.32 Å². The van der Waals surface area contributed by atoms with Gasteiger partial charge in [0.05, 0.1) is 10.2 Å². The van der Waals surface area contributed by atoms with Crippen LogP contribution in [0.5, 0.6) is 5.75 Å². The summed E-state index contributed by atoms with van der Waals surface area (Å²) in [6, 6.07) is 5.28. The minimum Gasteiger partial charge on any atom is -0.507 e. The Bertz CT molecular complexity index is 474. The number of rotatable bonds is 6. The van der Waals surface area contributed by atoms with Gasteiger partial charge in [0.25, 0.3) is 0 Å². The molecule has 0 spiro atoms. The van der Waals surface area contributed by atoms with Gasteiger partial charge in [-0.2, -0.15) is 0 Å². The number of nitrogens with one attached hydrogen (secondary N) is 1. The van der Waals surface area contributed by atoms with Crippen molar-refractivity contribution < 1.29 is 13.5 Å². The molecule has 0 unspecified atom stereocenters. The molecule has 0 atom stereocenters. The van der Waals surface area contributed by atoms with Gasteiger partial charge in [0.15, 0.2) is 0 Å². The maximum absolute atomic E-state index is 10.9. The summed E-state index contributed by atoms with van der Waals surface area (Å²) in [6.07, 6.45) is 1.85. The van der Waals surface area contributed by atoms with Crippen LogP contribution in [0.25, 0.3) is 0 Å². The van der Waals surface area contributed by atoms with Gasteiger partial charge in [-0.25, -0.2) is 8.42 Å². The first kappa shape index (κ1) is 14.5. The second-order valence-corrected chi connectivity index (χ2v) is 7.06. The number of aromatic hydroxyl groups is 1. The van der Waals surface area contributed by atoms with E-state index in [1.807, 2.05) is 12.1 Å². The van der Waals surface area contributed by atoms with Crippen molar-refractivity contribution in [3.8, 4) is 5.75 Å². The van der Waals surface area contributed by atoms with Crippen molar-refractivity contribution in [2.24, 2.45) is 0 Å². The lowest BCUT2D eigenvalue weighted by Gasteiger charge is -2.05. The Hall–Kier alpha value is -0.590. The molecule has 0 bridgehead atoms. The molecule has 0 aliphatic rings. The number of hydrogen-bond acceptors (Lipinski definition) is 4. The summed E-state index contributed by atoms with van der Waals surface area (Å²) >= 11 is 3.24. The van der Waals surface area contributed by atoms with Crippen LogP contribution in [0.15, 0.2) is 22.7 Å². The van der Waals surface area contributed by atoms with Gasteiger partial charge in [-0.1, -0.05) is 6.07 Å². The number of halogens is 1. The van der Waals surface area contributed by atoms with Crippen molar-refractivity contribution in [3.05, 3.63) is 28.2 Å². The third kappa shape index (κ3) is 6.05. The Morgan fingerprint density at radius 1 is 1.41 bits per heavy atom. The van der Waals surface area contributed by atoms with Gasteiger partial charge < -0.3 is 10.4 Å². The molecule has 1 rings (SSSR count). The highest BCUT2D eigenvalue weighted by molar-refractivity contribution is 9.10. The molecule has 0 amide bonds. The van der Waals surface area contributed by atoms with Gasteiger partial charge in [0, 0.05) is 12.8 Å². The molecule has 0 saturated heterocycles. The standard InChI is InChI=1S/C11H16BrNO3S/c1-17(15,16)6-2-5-13-8-9-3-4-11(14)10(12)7-9/h3-4,7,13-14H,2,5-6,8H2,1H3. The zero-order valence-corrected chi connectivity index (χ0v) is 12.0. The molecular weight excluding hydrogens is 306 g/mol. The van der Waals surface area contributed by atoms with E-state index in [1.165, 1.54) is 6.26 Å². The van der Waals surface area contributed by atoms with E-state index in [2.05, 4.69) is 21.2 Å². The summed E-state index contributed by atoms with van der Waals surface area (Å²) in [7, 11) is -2.86. The summed E-state index contributed by atoms with van der Waals surface area (Å²) in [5.41, 5.74) is 1.04. The molecule has 96 valence electrons. The van der Waals surface area contributed by atoms with E-state index in [0.29, 0.717) is 24.0 Å². The molecule has 0 aliphatic heterocycles. The maximum Gasteiger partial charge on any atom is 0.147 e. The van der Waals surface area contributed by atoms with Crippen LogP contribution in [0.1, 0.15) is 12.0 Å². The van der Waals surface area contributed by atoms with Crippen LogP contribution in [0.4, 0.5) is 0 Å². The monoisotopic (exact) mass is 321 g/mol. The smallest absolute Gasteiger partial charge is 0.147 e. The fraction of sp³-hybridized carbons (Fsp3) is 0.455. The molecule has 0 heterocycles. The third-order valence-corrected chi connectivity index (χ3v) is 3.88. The molecule has 1 aromatic carbocycles. The summed E-state index contributed by atoms with van der Waals surface area (Å²) < 4.78 is 22.4. The van der Waals surface area contributed by atoms with Gasteiger partial charge in [-0.15, -0.1) is 0 Å². The largest absolute Gasteiger partial charge is 0.507 e. The maximum atomic E-state index is 10.9. The molecule has 0 aromatic heterocycles. The van der Waals surface area contributed by atoms with Crippen molar-refractivity contribution in [2.45, 2.75) is 13.0 Å². The average molecular weight is 322 g/mol. The van der Waals surface area contributed by atoms with Crippen molar-refractivity contribution in [1.82, 2.24) is 5.32 Å². The number of benzene rings is 1. The van der Waals surface area contributed by atoms with Crippen LogP contribution in [0.2, 0.25) is 0 Å². The fourth-order valence-corrected chi connectivity index (χ4v) is 2.45. The van der Waals surface area contributed by atoms with Crippen molar-refractivity contribution in [1.29, 1.82) is 0 Å². The number of phenolic OH excluding ortho intramolecular Hbond substituents is 1. The first-order chi connectivity index (χ1) is 7.88. The Balaban J connectivity index is 2.29. The van der Waals surface area contributed by atoms with Crippen LogP contribution in [0.3, 0.4) is 0 Å². The summed E-state index contributed by atoms with van der Waals surface area (Å²) in [4.78, 5) is 0. The molecule has 0 fully saturated rings. The lowest BCUT2D eigenvalue weighted by atomic mass is 10.2. The van der Waals surface area contributed by atoms with E-state index in [-0.39, 0.29) is 11.5 Å². The van der Waals surface area contributed by atoms with Gasteiger partial charge in [0.2, 0.25) is 0 Å². The summed E-state index contributed by atoms with van der Waals surface area (Å²) in [6.45, 7) is 1.31. The lowest BCUT2D eigenvalue weighted by molar-refractivity contribution is 0.471. The molecule has 2 N–H and O–H groups in total. The number of hydrogen-bond donors (Lipinski definition) is 2. The summed E-state index contributed by atoms with van der Waals surface area (Å²) in [5, 5.41) is 12.5. The van der Waals surface area contributed by atoms with Crippen LogP contribution in [-0.2, 0) is 16.4 Å². The van der Waals surface area contributed by atoms with Gasteiger partial charge in [-0.05, 0) is 46.6 Å².